The number of nitrogens with two attached hydrogens (primary N) is 1. The molecule has 1 rings (SSSR count). The van der Waals surface area contributed by atoms with Crippen molar-refractivity contribution in [2.24, 2.45) is 5.14 Å². The number of carbonyl (C=O) groups is 3. The standard InChI is InChI=1S/C15H20N4O9S/c1-27-14(21)8-18(9-15(22)28-2)13(20)5-6-17-11-4-3-10(29(16,25)26)7-12(11)19(23)24/h3-4,7,17H,5-6,8-9H2,1-2H3,(H2,16,25,26). The maximum Gasteiger partial charge on any atom is 0.325 e. The van der Waals surface area contributed by atoms with E-state index >= 15 is 0 Å². The van der Waals surface area contributed by atoms with Crippen molar-refractivity contribution in [1.82, 2.24) is 4.90 Å². The predicted octanol–water partition coefficient (Wildman–Crippen LogP) is -0.781. The largest absolute Gasteiger partial charge is 0.468 e. The molecule has 13 nitrogen and oxygen atoms in total. The summed E-state index contributed by atoms with van der Waals surface area (Å²) in [6.45, 7) is -1.06. The van der Waals surface area contributed by atoms with Crippen LogP contribution in [0.25, 0.3) is 0 Å². The van der Waals surface area contributed by atoms with Crippen molar-refractivity contribution >= 4 is 39.2 Å². The molecule has 29 heavy (non-hydrogen) atoms. The number of hydrogen-bond donors (Lipinski definition) is 2. The summed E-state index contributed by atoms with van der Waals surface area (Å²) < 4.78 is 31.6. The summed E-state index contributed by atoms with van der Waals surface area (Å²) in [6, 6.07) is 3.01. The Kier molecular flexibility index (Phi) is 8.47. The normalized spacial score (nSPS) is 10.7. The number of anilines is 1. The molecule has 0 unspecified atom stereocenters. The molecule has 0 aliphatic rings. The van der Waals surface area contributed by atoms with E-state index in [9.17, 15) is 32.9 Å². The van der Waals surface area contributed by atoms with Gasteiger partial charge in [-0.05, 0) is 12.1 Å². The van der Waals surface area contributed by atoms with Crippen LogP contribution in [0.5, 0.6) is 0 Å². The third-order valence-corrected chi connectivity index (χ3v) is 4.51. The molecule has 3 N–H and O–H groups in total. The molecule has 1 aromatic carbocycles. The number of nitro groups is 1. The minimum Gasteiger partial charge on any atom is -0.468 e. The smallest absolute Gasteiger partial charge is 0.325 e. The highest BCUT2D eigenvalue weighted by Crippen LogP contribution is 2.27. The molecule has 0 atom stereocenters. The molecule has 0 aliphatic carbocycles. The fourth-order valence-electron chi connectivity index (χ4n) is 2.12. The third-order valence-electron chi connectivity index (χ3n) is 3.60. The van der Waals surface area contributed by atoms with Crippen LogP contribution in [0.15, 0.2) is 23.1 Å². The molecule has 0 fully saturated rings. The molecule has 1 amide bonds. The summed E-state index contributed by atoms with van der Waals surface area (Å²) in [5.74, 6) is -2.11. The van der Waals surface area contributed by atoms with E-state index in [0.717, 1.165) is 37.3 Å². The van der Waals surface area contributed by atoms with Gasteiger partial charge in [0.2, 0.25) is 15.9 Å². The van der Waals surface area contributed by atoms with Crippen LogP contribution in [0, 0.1) is 10.1 Å². The van der Waals surface area contributed by atoms with Crippen LogP contribution in [0.3, 0.4) is 0 Å². The van der Waals surface area contributed by atoms with E-state index in [2.05, 4.69) is 14.8 Å². The summed E-state index contributed by atoms with van der Waals surface area (Å²) >= 11 is 0. The Bertz CT molecular complexity index is 883. The van der Waals surface area contributed by atoms with Crippen molar-refractivity contribution in [3.8, 4) is 0 Å². The van der Waals surface area contributed by atoms with Crippen LogP contribution in [-0.4, -0.2) is 69.9 Å². The van der Waals surface area contributed by atoms with Gasteiger partial charge in [0.25, 0.3) is 5.69 Å². The number of primary sulfonamides is 1. The van der Waals surface area contributed by atoms with Crippen molar-refractivity contribution in [2.75, 3.05) is 39.2 Å². The highest BCUT2D eigenvalue weighted by atomic mass is 32.2. The number of nitrogens with zero attached hydrogens (tertiary/aromatic N) is 2. The number of carbonyl (C=O) groups excluding carboxylic acids is 3. The number of rotatable bonds is 10. The van der Waals surface area contributed by atoms with E-state index in [1.807, 2.05) is 0 Å². The highest BCUT2D eigenvalue weighted by Gasteiger charge is 2.22. The Morgan fingerprint density at radius 2 is 1.72 bits per heavy atom. The number of benzene rings is 1. The molecule has 0 aliphatic heterocycles. The summed E-state index contributed by atoms with van der Waals surface area (Å²) in [5, 5.41) is 18.8. The van der Waals surface area contributed by atoms with Crippen molar-refractivity contribution in [2.45, 2.75) is 11.3 Å². The molecule has 1 aromatic rings. The van der Waals surface area contributed by atoms with Crippen molar-refractivity contribution in [3.05, 3.63) is 28.3 Å². The van der Waals surface area contributed by atoms with E-state index in [-0.39, 0.29) is 18.7 Å². The van der Waals surface area contributed by atoms with Gasteiger partial charge in [0.15, 0.2) is 0 Å². The molecule has 14 heteroatoms. The number of sulfonamides is 1. The van der Waals surface area contributed by atoms with Gasteiger partial charge in [-0.25, -0.2) is 13.6 Å². The first kappa shape index (κ1) is 23.8. The van der Waals surface area contributed by atoms with Crippen molar-refractivity contribution in [1.29, 1.82) is 0 Å². The molecule has 0 radical (unpaired) electrons. The second kappa shape index (κ2) is 10.3. The Labute approximate surface area is 165 Å². The molecule has 160 valence electrons. The zero-order valence-corrected chi connectivity index (χ0v) is 16.4. The van der Waals surface area contributed by atoms with Gasteiger partial charge >= 0.3 is 11.9 Å². The first-order chi connectivity index (χ1) is 13.5. The topological polar surface area (TPSA) is 188 Å². The Balaban J connectivity index is 2.86. The van der Waals surface area contributed by atoms with Crippen LogP contribution < -0.4 is 10.5 Å². The lowest BCUT2D eigenvalue weighted by atomic mass is 10.2. The Hall–Kier alpha value is -3.26. The van der Waals surface area contributed by atoms with Crippen LogP contribution in [-0.2, 0) is 33.9 Å². The van der Waals surface area contributed by atoms with E-state index < -0.39 is 56.5 Å². The first-order valence-corrected chi connectivity index (χ1v) is 9.50. The number of hydrogen-bond acceptors (Lipinski definition) is 10. The maximum absolute atomic E-state index is 12.3. The third kappa shape index (κ3) is 7.34. The van der Waals surface area contributed by atoms with E-state index in [1.54, 1.807) is 0 Å². The number of nitrogens with one attached hydrogen (secondary N) is 1. The van der Waals surface area contributed by atoms with E-state index in [0.29, 0.717) is 0 Å². The first-order valence-electron chi connectivity index (χ1n) is 7.96. The molecular weight excluding hydrogens is 412 g/mol. The second-order valence-corrected chi connectivity index (χ2v) is 7.12. The second-order valence-electron chi connectivity index (χ2n) is 5.56. The highest BCUT2D eigenvalue weighted by molar-refractivity contribution is 7.89. The van der Waals surface area contributed by atoms with Crippen LogP contribution >= 0.6 is 0 Å². The minimum atomic E-state index is -4.13. The van der Waals surface area contributed by atoms with Gasteiger partial charge in [-0.3, -0.25) is 24.5 Å². The fraction of sp³-hybridized carbons (Fsp3) is 0.400. The average Bonchev–Trinajstić information content (AvgIpc) is 2.66. The molecule has 0 aromatic heterocycles. The molecule has 0 saturated heterocycles. The molecule has 0 bridgehead atoms. The fourth-order valence-corrected chi connectivity index (χ4v) is 2.66. The predicted molar refractivity (Wildman–Crippen MR) is 98.2 cm³/mol. The summed E-state index contributed by atoms with van der Waals surface area (Å²) in [4.78, 5) is 45.9. The SMILES string of the molecule is COC(=O)CN(CC(=O)OC)C(=O)CCNc1ccc(S(N)(=O)=O)cc1[N+](=O)[O-]. The van der Waals surface area contributed by atoms with Crippen LogP contribution in [0.4, 0.5) is 11.4 Å². The lowest BCUT2D eigenvalue weighted by Crippen LogP contribution is -2.40. The lowest BCUT2D eigenvalue weighted by molar-refractivity contribution is -0.384. The van der Waals surface area contributed by atoms with Gasteiger partial charge in [-0.15, -0.1) is 0 Å². The number of ether oxygens (including phenoxy) is 2. The summed E-state index contributed by atoms with van der Waals surface area (Å²) in [6.07, 6.45) is -0.234. The van der Waals surface area contributed by atoms with Gasteiger partial charge in [-0.2, -0.15) is 0 Å². The Morgan fingerprint density at radius 3 is 2.17 bits per heavy atom. The monoisotopic (exact) mass is 432 g/mol. The number of esters is 2. The summed E-state index contributed by atoms with van der Waals surface area (Å²) in [7, 11) is -1.89. The van der Waals surface area contributed by atoms with Crippen LogP contribution in [0.1, 0.15) is 6.42 Å². The minimum absolute atomic E-state index is 0.0392. The maximum atomic E-state index is 12.3. The lowest BCUT2D eigenvalue weighted by Gasteiger charge is -2.20. The van der Waals surface area contributed by atoms with Crippen molar-refractivity contribution < 1.29 is 37.2 Å². The summed E-state index contributed by atoms with van der Waals surface area (Å²) in [5.41, 5.74) is -0.590. The number of nitro benzene ring substituents is 1. The average molecular weight is 432 g/mol. The number of amides is 1. The van der Waals surface area contributed by atoms with Gasteiger partial charge in [0.05, 0.1) is 24.0 Å². The van der Waals surface area contributed by atoms with Gasteiger partial charge in [0.1, 0.15) is 18.8 Å². The molecule has 0 heterocycles. The van der Waals surface area contributed by atoms with Gasteiger partial charge in [-0.1, -0.05) is 0 Å². The zero-order valence-electron chi connectivity index (χ0n) is 15.6. The van der Waals surface area contributed by atoms with E-state index in [1.165, 1.54) is 0 Å². The molecule has 0 spiro atoms. The quantitative estimate of drug-likeness (QED) is 0.269. The molecular formula is C15H20N4O9S. The Morgan fingerprint density at radius 1 is 1.17 bits per heavy atom. The van der Waals surface area contributed by atoms with Crippen LogP contribution in [0.2, 0.25) is 0 Å². The van der Waals surface area contributed by atoms with Gasteiger partial charge < -0.3 is 19.7 Å². The molecule has 0 saturated carbocycles. The van der Waals surface area contributed by atoms with Crippen molar-refractivity contribution in [3.63, 3.8) is 0 Å². The number of methoxy groups -OCH3 is 2. The zero-order chi connectivity index (χ0) is 22.2. The van der Waals surface area contributed by atoms with E-state index in [4.69, 9.17) is 5.14 Å². The van der Waals surface area contributed by atoms with Gasteiger partial charge in [0, 0.05) is 19.0 Å².